The molecule has 0 saturated carbocycles. The van der Waals surface area contributed by atoms with Crippen LogP contribution in [0.3, 0.4) is 0 Å². The van der Waals surface area contributed by atoms with E-state index in [-0.39, 0.29) is 11.6 Å². The molecular weight excluding hydrogens is 228 g/mol. The normalized spacial score (nSPS) is 16.4. The number of nitrogens with two attached hydrogens (primary N) is 1. The molecule has 5 nitrogen and oxygen atoms in total. The SMILES string of the molecule is CCC(C)(C(NN)c1ncccc1OC)N(C)C. The fourth-order valence-corrected chi connectivity index (χ4v) is 2.12. The second-order valence-electron chi connectivity index (χ2n) is 4.80. The standard InChI is InChI=1S/C13H24N4O/c1-6-13(2,17(3)4)12(16-14)11-10(18-5)8-7-9-15-11/h7-9,12,16H,6,14H2,1-5H3. The van der Waals surface area contributed by atoms with Crippen molar-refractivity contribution in [3.05, 3.63) is 24.0 Å². The van der Waals surface area contributed by atoms with Crippen molar-refractivity contribution >= 4 is 0 Å². The number of nitrogens with one attached hydrogen (secondary N) is 1. The van der Waals surface area contributed by atoms with Crippen LogP contribution in [-0.4, -0.2) is 36.6 Å². The van der Waals surface area contributed by atoms with E-state index in [9.17, 15) is 0 Å². The first-order chi connectivity index (χ1) is 8.51. The van der Waals surface area contributed by atoms with E-state index in [4.69, 9.17) is 10.6 Å². The van der Waals surface area contributed by atoms with Crippen molar-refractivity contribution in [1.82, 2.24) is 15.3 Å². The summed E-state index contributed by atoms with van der Waals surface area (Å²) < 4.78 is 5.37. The van der Waals surface area contributed by atoms with Crippen molar-refractivity contribution in [1.29, 1.82) is 0 Å². The molecule has 2 unspecified atom stereocenters. The zero-order chi connectivity index (χ0) is 13.8. The van der Waals surface area contributed by atoms with E-state index in [0.29, 0.717) is 0 Å². The molecule has 0 aromatic carbocycles. The zero-order valence-electron chi connectivity index (χ0n) is 11.9. The van der Waals surface area contributed by atoms with Gasteiger partial charge in [0.1, 0.15) is 11.4 Å². The van der Waals surface area contributed by atoms with Gasteiger partial charge in [0, 0.05) is 11.7 Å². The first kappa shape index (κ1) is 14.9. The molecule has 5 heteroatoms. The van der Waals surface area contributed by atoms with Crippen LogP contribution in [0.25, 0.3) is 0 Å². The van der Waals surface area contributed by atoms with Gasteiger partial charge >= 0.3 is 0 Å². The maximum atomic E-state index is 5.76. The maximum absolute atomic E-state index is 5.76. The minimum atomic E-state index is -0.142. The van der Waals surface area contributed by atoms with Crippen molar-refractivity contribution in [2.75, 3.05) is 21.2 Å². The van der Waals surface area contributed by atoms with Crippen LogP contribution >= 0.6 is 0 Å². The van der Waals surface area contributed by atoms with Crippen molar-refractivity contribution in [3.8, 4) is 5.75 Å². The van der Waals surface area contributed by atoms with Gasteiger partial charge in [0.2, 0.25) is 0 Å². The predicted molar refractivity (Wildman–Crippen MR) is 73.2 cm³/mol. The summed E-state index contributed by atoms with van der Waals surface area (Å²) in [5.74, 6) is 6.51. The van der Waals surface area contributed by atoms with Gasteiger partial charge in [-0.05, 0) is 39.6 Å². The molecule has 0 bridgehead atoms. The van der Waals surface area contributed by atoms with E-state index < -0.39 is 0 Å². The molecule has 0 saturated heterocycles. The third-order valence-electron chi connectivity index (χ3n) is 3.82. The maximum Gasteiger partial charge on any atom is 0.142 e. The average Bonchev–Trinajstić information content (AvgIpc) is 2.39. The quantitative estimate of drug-likeness (QED) is 0.590. The molecule has 0 aliphatic carbocycles. The second-order valence-corrected chi connectivity index (χ2v) is 4.80. The molecule has 1 rings (SSSR count). The third-order valence-corrected chi connectivity index (χ3v) is 3.82. The lowest BCUT2D eigenvalue weighted by molar-refractivity contribution is 0.109. The number of hydrogen-bond acceptors (Lipinski definition) is 5. The Morgan fingerprint density at radius 1 is 1.56 bits per heavy atom. The number of nitrogens with zero attached hydrogens (tertiary/aromatic N) is 2. The lowest BCUT2D eigenvalue weighted by Crippen LogP contribution is -2.53. The van der Waals surface area contributed by atoms with Crippen LogP contribution in [0.5, 0.6) is 5.75 Å². The van der Waals surface area contributed by atoms with E-state index in [1.54, 1.807) is 13.3 Å². The monoisotopic (exact) mass is 252 g/mol. The van der Waals surface area contributed by atoms with Gasteiger partial charge in [0.05, 0.1) is 13.2 Å². The van der Waals surface area contributed by atoms with Gasteiger partial charge in [-0.1, -0.05) is 6.92 Å². The van der Waals surface area contributed by atoms with E-state index in [1.807, 2.05) is 26.2 Å². The summed E-state index contributed by atoms with van der Waals surface area (Å²) in [7, 11) is 5.74. The minimum Gasteiger partial charge on any atom is -0.495 e. The van der Waals surface area contributed by atoms with Gasteiger partial charge in [-0.15, -0.1) is 0 Å². The first-order valence-electron chi connectivity index (χ1n) is 6.13. The van der Waals surface area contributed by atoms with E-state index in [2.05, 4.69) is 29.2 Å². The van der Waals surface area contributed by atoms with Crippen molar-refractivity contribution in [2.24, 2.45) is 5.84 Å². The fraction of sp³-hybridized carbons (Fsp3) is 0.615. The second kappa shape index (κ2) is 6.13. The van der Waals surface area contributed by atoms with Crippen LogP contribution in [0.15, 0.2) is 18.3 Å². The highest BCUT2D eigenvalue weighted by molar-refractivity contribution is 5.31. The molecule has 0 fully saturated rings. The predicted octanol–water partition coefficient (Wildman–Crippen LogP) is 1.32. The zero-order valence-corrected chi connectivity index (χ0v) is 11.9. The minimum absolute atomic E-state index is 0.103. The molecule has 3 N–H and O–H groups in total. The Hall–Kier alpha value is -1.17. The summed E-state index contributed by atoms with van der Waals surface area (Å²) in [4.78, 5) is 6.58. The third kappa shape index (κ3) is 2.63. The Kier molecular flexibility index (Phi) is 5.07. The summed E-state index contributed by atoms with van der Waals surface area (Å²) in [6, 6.07) is 3.65. The lowest BCUT2D eigenvalue weighted by Gasteiger charge is -2.42. The van der Waals surface area contributed by atoms with E-state index in [0.717, 1.165) is 17.9 Å². The lowest BCUT2D eigenvalue weighted by atomic mass is 9.85. The van der Waals surface area contributed by atoms with E-state index >= 15 is 0 Å². The van der Waals surface area contributed by atoms with Crippen LogP contribution in [0.2, 0.25) is 0 Å². The number of likely N-dealkylation sites (N-methyl/N-ethyl adjacent to an activating group) is 1. The highest BCUT2D eigenvalue weighted by Crippen LogP contribution is 2.35. The number of aromatic nitrogens is 1. The smallest absolute Gasteiger partial charge is 0.142 e. The number of hydrazine groups is 1. The number of pyridine rings is 1. The highest BCUT2D eigenvalue weighted by atomic mass is 16.5. The molecule has 0 aliphatic rings. The molecule has 1 aromatic heterocycles. The van der Waals surface area contributed by atoms with Crippen LogP contribution in [0, 0.1) is 0 Å². The van der Waals surface area contributed by atoms with Crippen molar-refractivity contribution in [2.45, 2.75) is 31.8 Å². The summed E-state index contributed by atoms with van der Waals surface area (Å²) in [6.45, 7) is 4.30. The Morgan fingerprint density at radius 3 is 2.67 bits per heavy atom. The summed E-state index contributed by atoms with van der Waals surface area (Å²) >= 11 is 0. The van der Waals surface area contributed by atoms with Crippen molar-refractivity contribution in [3.63, 3.8) is 0 Å². The van der Waals surface area contributed by atoms with Gasteiger partial charge in [-0.25, -0.2) is 5.43 Å². The topological polar surface area (TPSA) is 63.4 Å². The molecule has 2 atom stereocenters. The molecule has 1 aromatic rings. The molecule has 1 heterocycles. The van der Waals surface area contributed by atoms with Crippen LogP contribution in [-0.2, 0) is 0 Å². The Morgan fingerprint density at radius 2 is 2.22 bits per heavy atom. The van der Waals surface area contributed by atoms with Crippen LogP contribution < -0.4 is 16.0 Å². The van der Waals surface area contributed by atoms with Gasteiger partial charge in [0.25, 0.3) is 0 Å². The van der Waals surface area contributed by atoms with Gasteiger partial charge in [-0.3, -0.25) is 10.8 Å². The Bertz CT molecular complexity index is 383. The van der Waals surface area contributed by atoms with Gasteiger partial charge in [0.15, 0.2) is 0 Å². The van der Waals surface area contributed by atoms with Crippen molar-refractivity contribution < 1.29 is 4.74 Å². The fourth-order valence-electron chi connectivity index (χ4n) is 2.12. The number of hydrogen-bond donors (Lipinski definition) is 2. The number of rotatable bonds is 6. The van der Waals surface area contributed by atoms with Crippen LogP contribution in [0.1, 0.15) is 32.0 Å². The molecule has 18 heavy (non-hydrogen) atoms. The first-order valence-corrected chi connectivity index (χ1v) is 6.13. The molecule has 0 amide bonds. The molecule has 102 valence electrons. The highest BCUT2D eigenvalue weighted by Gasteiger charge is 2.37. The summed E-state index contributed by atoms with van der Waals surface area (Å²) in [5, 5.41) is 0. The Balaban J connectivity index is 3.24. The summed E-state index contributed by atoms with van der Waals surface area (Å²) in [5.41, 5.74) is 3.57. The molecule has 0 radical (unpaired) electrons. The van der Waals surface area contributed by atoms with Crippen LogP contribution in [0.4, 0.5) is 0 Å². The average molecular weight is 252 g/mol. The molecule has 0 aliphatic heterocycles. The van der Waals surface area contributed by atoms with E-state index in [1.165, 1.54) is 0 Å². The van der Waals surface area contributed by atoms with Gasteiger partial charge < -0.3 is 9.64 Å². The summed E-state index contributed by atoms with van der Waals surface area (Å²) in [6.07, 6.45) is 2.70. The Labute approximate surface area is 109 Å². The largest absolute Gasteiger partial charge is 0.495 e. The number of ether oxygens (including phenoxy) is 1. The molecular formula is C13H24N4O. The molecule has 0 spiro atoms. The number of methoxy groups -OCH3 is 1. The van der Waals surface area contributed by atoms with Gasteiger partial charge in [-0.2, -0.15) is 0 Å².